The van der Waals surface area contributed by atoms with Crippen LogP contribution in [0.3, 0.4) is 0 Å². The van der Waals surface area contributed by atoms with Gasteiger partial charge < -0.3 is 20.1 Å². The Bertz CT molecular complexity index is 919. The highest BCUT2D eigenvalue weighted by Crippen LogP contribution is 2.23. The van der Waals surface area contributed by atoms with Gasteiger partial charge in [-0.15, -0.1) is 0 Å². The Balaban J connectivity index is 1.62. The molecule has 1 amide bonds. The lowest BCUT2D eigenvalue weighted by atomic mass is 10.2. The largest absolute Gasteiger partial charge is 0.496 e. The van der Waals surface area contributed by atoms with E-state index in [2.05, 4.69) is 10.6 Å². The van der Waals surface area contributed by atoms with Crippen molar-refractivity contribution in [1.82, 2.24) is 0 Å². The van der Waals surface area contributed by atoms with E-state index in [1.807, 2.05) is 74.5 Å². The molecule has 2 N–H and O–H groups in total. The van der Waals surface area contributed by atoms with Crippen LogP contribution < -0.4 is 20.1 Å². The lowest BCUT2D eigenvalue weighted by Gasteiger charge is -2.12. The van der Waals surface area contributed by atoms with Crippen LogP contribution in [0.5, 0.6) is 11.5 Å². The van der Waals surface area contributed by atoms with Gasteiger partial charge in [0.1, 0.15) is 11.5 Å². The molecule has 0 aliphatic heterocycles. The van der Waals surface area contributed by atoms with Crippen molar-refractivity contribution in [2.24, 2.45) is 0 Å². The number of carbonyl (C=O) groups is 1. The van der Waals surface area contributed by atoms with Gasteiger partial charge in [0.25, 0.3) is 5.91 Å². The van der Waals surface area contributed by atoms with Gasteiger partial charge >= 0.3 is 0 Å². The number of benzene rings is 3. The summed E-state index contributed by atoms with van der Waals surface area (Å²) in [5.41, 5.74) is 3.09. The summed E-state index contributed by atoms with van der Waals surface area (Å²) in [6, 6.07) is 22.5. The van der Waals surface area contributed by atoms with Gasteiger partial charge in [-0.1, -0.05) is 12.1 Å². The van der Waals surface area contributed by atoms with Crippen molar-refractivity contribution in [2.45, 2.75) is 20.0 Å². The molecule has 0 heterocycles. The third kappa shape index (κ3) is 5.04. The van der Waals surface area contributed by atoms with Crippen LogP contribution in [-0.2, 0) is 0 Å². The highest BCUT2D eigenvalue weighted by atomic mass is 16.5. The summed E-state index contributed by atoms with van der Waals surface area (Å²) >= 11 is 0. The van der Waals surface area contributed by atoms with Crippen molar-refractivity contribution in [2.75, 3.05) is 17.7 Å². The first-order valence-electron chi connectivity index (χ1n) is 9.13. The van der Waals surface area contributed by atoms with Gasteiger partial charge in [-0.3, -0.25) is 4.79 Å². The van der Waals surface area contributed by atoms with E-state index < -0.39 is 0 Å². The summed E-state index contributed by atoms with van der Waals surface area (Å²) in [7, 11) is 1.55. The number of para-hydroxylation sites is 1. The highest BCUT2D eigenvalue weighted by Gasteiger charge is 2.11. The van der Waals surface area contributed by atoms with Gasteiger partial charge in [-0.25, -0.2) is 0 Å². The maximum atomic E-state index is 12.5. The number of hydrogen-bond donors (Lipinski definition) is 2. The number of carbonyl (C=O) groups excluding carboxylic acids is 1. The van der Waals surface area contributed by atoms with E-state index in [0.29, 0.717) is 17.0 Å². The van der Waals surface area contributed by atoms with Gasteiger partial charge in [0.15, 0.2) is 0 Å². The van der Waals surface area contributed by atoms with Crippen molar-refractivity contribution in [3.8, 4) is 11.5 Å². The SMILES string of the molecule is COc1ccccc1C(=O)Nc1ccc(Nc2ccc(OC(C)C)cc2)cc1. The molecule has 0 atom stereocenters. The van der Waals surface area contributed by atoms with Crippen molar-refractivity contribution < 1.29 is 14.3 Å². The van der Waals surface area contributed by atoms with Gasteiger partial charge in [-0.2, -0.15) is 0 Å². The summed E-state index contributed by atoms with van der Waals surface area (Å²) in [6.07, 6.45) is 0.150. The van der Waals surface area contributed by atoms with Crippen LogP contribution in [-0.4, -0.2) is 19.1 Å². The maximum absolute atomic E-state index is 12.5. The molecule has 0 aliphatic carbocycles. The van der Waals surface area contributed by atoms with Gasteiger partial charge in [-0.05, 0) is 74.5 Å². The Morgan fingerprint density at radius 1 is 0.821 bits per heavy atom. The number of ether oxygens (including phenoxy) is 2. The average Bonchev–Trinajstić information content (AvgIpc) is 2.70. The maximum Gasteiger partial charge on any atom is 0.259 e. The van der Waals surface area contributed by atoms with E-state index in [1.54, 1.807) is 19.2 Å². The zero-order valence-corrected chi connectivity index (χ0v) is 16.2. The molecule has 0 bridgehead atoms. The molecule has 0 aliphatic rings. The molecule has 3 aromatic rings. The van der Waals surface area contributed by atoms with Crippen LogP contribution in [0.1, 0.15) is 24.2 Å². The smallest absolute Gasteiger partial charge is 0.259 e. The molecule has 5 nitrogen and oxygen atoms in total. The minimum absolute atomic E-state index is 0.150. The van der Waals surface area contributed by atoms with Crippen LogP contribution in [0.25, 0.3) is 0 Å². The summed E-state index contributed by atoms with van der Waals surface area (Å²) in [4.78, 5) is 12.5. The van der Waals surface area contributed by atoms with Crippen LogP contribution in [0.15, 0.2) is 72.8 Å². The van der Waals surface area contributed by atoms with Crippen molar-refractivity contribution in [1.29, 1.82) is 0 Å². The van der Waals surface area contributed by atoms with Crippen molar-refractivity contribution in [3.63, 3.8) is 0 Å². The third-order valence-electron chi connectivity index (χ3n) is 4.01. The molecule has 144 valence electrons. The second-order valence-electron chi connectivity index (χ2n) is 6.55. The number of nitrogens with one attached hydrogen (secondary N) is 2. The monoisotopic (exact) mass is 376 g/mol. The first kappa shape index (κ1) is 19.3. The Kier molecular flexibility index (Phi) is 6.17. The molecule has 28 heavy (non-hydrogen) atoms. The minimum atomic E-state index is -0.209. The normalized spacial score (nSPS) is 10.4. The van der Waals surface area contributed by atoms with Crippen molar-refractivity contribution in [3.05, 3.63) is 78.4 Å². The fraction of sp³-hybridized carbons (Fsp3) is 0.174. The predicted molar refractivity (Wildman–Crippen MR) is 113 cm³/mol. The predicted octanol–water partition coefficient (Wildman–Crippen LogP) is 5.48. The Morgan fingerprint density at radius 2 is 1.39 bits per heavy atom. The minimum Gasteiger partial charge on any atom is -0.496 e. The molecule has 3 aromatic carbocycles. The quantitative estimate of drug-likeness (QED) is 0.573. The summed E-state index contributed by atoms with van der Waals surface area (Å²) in [5, 5.41) is 6.21. The van der Waals surface area contributed by atoms with E-state index >= 15 is 0 Å². The zero-order valence-electron chi connectivity index (χ0n) is 16.2. The van der Waals surface area contributed by atoms with E-state index in [0.717, 1.165) is 17.1 Å². The van der Waals surface area contributed by atoms with Crippen LogP contribution >= 0.6 is 0 Å². The van der Waals surface area contributed by atoms with Crippen LogP contribution in [0, 0.1) is 0 Å². The fourth-order valence-electron chi connectivity index (χ4n) is 2.72. The fourth-order valence-corrected chi connectivity index (χ4v) is 2.72. The lowest BCUT2D eigenvalue weighted by molar-refractivity contribution is 0.102. The molecule has 0 spiro atoms. The third-order valence-corrected chi connectivity index (χ3v) is 4.01. The van der Waals surface area contributed by atoms with Crippen LogP contribution in [0.4, 0.5) is 17.1 Å². The van der Waals surface area contributed by atoms with E-state index in [9.17, 15) is 4.79 Å². The number of hydrogen-bond acceptors (Lipinski definition) is 4. The average molecular weight is 376 g/mol. The first-order chi connectivity index (χ1) is 13.5. The number of methoxy groups -OCH3 is 1. The molecule has 0 radical (unpaired) electrons. The zero-order chi connectivity index (χ0) is 19.9. The molecular formula is C23H24N2O3. The van der Waals surface area contributed by atoms with E-state index in [1.165, 1.54) is 0 Å². The number of rotatable bonds is 7. The van der Waals surface area contributed by atoms with Gasteiger partial charge in [0.2, 0.25) is 0 Å². The second-order valence-corrected chi connectivity index (χ2v) is 6.55. The first-order valence-corrected chi connectivity index (χ1v) is 9.13. The molecule has 5 heteroatoms. The Morgan fingerprint density at radius 3 is 2.00 bits per heavy atom. The summed E-state index contributed by atoms with van der Waals surface area (Å²) in [5.74, 6) is 1.18. The molecule has 0 saturated carbocycles. The summed E-state index contributed by atoms with van der Waals surface area (Å²) < 4.78 is 10.9. The Hall–Kier alpha value is -3.47. The molecule has 0 unspecified atom stereocenters. The van der Waals surface area contributed by atoms with Gasteiger partial charge in [0.05, 0.1) is 18.8 Å². The molecule has 0 saturated heterocycles. The molecule has 0 aromatic heterocycles. The molecule has 0 fully saturated rings. The van der Waals surface area contributed by atoms with E-state index in [-0.39, 0.29) is 12.0 Å². The number of amides is 1. The van der Waals surface area contributed by atoms with Crippen molar-refractivity contribution >= 4 is 23.0 Å². The summed E-state index contributed by atoms with van der Waals surface area (Å²) in [6.45, 7) is 4.00. The second kappa shape index (κ2) is 8.95. The lowest BCUT2D eigenvalue weighted by Crippen LogP contribution is -2.13. The Labute approximate surface area is 165 Å². The number of anilines is 3. The molecular weight excluding hydrogens is 352 g/mol. The van der Waals surface area contributed by atoms with Gasteiger partial charge in [0, 0.05) is 17.1 Å². The molecule has 3 rings (SSSR count). The standard InChI is InChI=1S/C23H24N2O3/c1-16(2)28-20-14-12-18(13-15-20)24-17-8-10-19(11-9-17)25-23(26)21-6-4-5-7-22(21)27-3/h4-16,24H,1-3H3,(H,25,26). The highest BCUT2D eigenvalue weighted by molar-refractivity contribution is 6.06. The van der Waals surface area contributed by atoms with E-state index in [4.69, 9.17) is 9.47 Å². The van der Waals surface area contributed by atoms with Crippen LogP contribution in [0.2, 0.25) is 0 Å². The topological polar surface area (TPSA) is 59.6 Å².